The lowest BCUT2D eigenvalue weighted by molar-refractivity contribution is 0.352. The zero-order valence-electron chi connectivity index (χ0n) is 13.3. The summed E-state index contributed by atoms with van der Waals surface area (Å²) in [6, 6.07) is 10.1. The van der Waals surface area contributed by atoms with Crippen molar-refractivity contribution in [2.75, 3.05) is 0 Å². The topological polar surface area (TPSA) is 82.8 Å². The molecule has 1 aliphatic rings. The van der Waals surface area contributed by atoms with Gasteiger partial charge in [0.15, 0.2) is 5.82 Å². The van der Waals surface area contributed by atoms with Gasteiger partial charge < -0.3 is 10.3 Å². The maximum absolute atomic E-state index is 6.37. The van der Waals surface area contributed by atoms with E-state index in [0.29, 0.717) is 18.1 Å². The van der Waals surface area contributed by atoms with Crippen molar-refractivity contribution in [1.82, 2.24) is 19.9 Å². The van der Waals surface area contributed by atoms with Gasteiger partial charge in [0.25, 0.3) is 0 Å². The van der Waals surface area contributed by atoms with Gasteiger partial charge in [0, 0.05) is 12.4 Å². The fraction of sp³-hybridized carbons (Fsp3) is 0.353. The second kappa shape index (κ2) is 6.75. The van der Waals surface area contributed by atoms with Crippen LogP contribution in [0.5, 0.6) is 0 Å². The van der Waals surface area contributed by atoms with Crippen LogP contribution in [0.1, 0.15) is 43.0 Å². The standard InChI is InChI=1S/C17H19N5O.ClH/c18-17(8-1-2-9-17)16-20-15(23-21-16)12-13-4-6-14(7-5-13)22-11-3-10-19-22;/h3-7,10-11H,1-2,8-9,12,18H2;1H. The highest BCUT2D eigenvalue weighted by molar-refractivity contribution is 5.85. The Morgan fingerprint density at radius 3 is 2.58 bits per heavy atom. The van der Waals surface area contributed by atoms with E-state index in [1.165, 1.54) is 0 Å². The number of nitrogens with zero attached hydrogens (tertiary/aromatic N) is 4. The maximum atomic E-state index is 6.37. The minimum Gasteiger partial charge on any atom is -0.339 e. The van der Waals surface area contributed by atoms with Crippen LogP contribution >= 0.6 is 12.4 Å². The molecule has 1 saturated carbocycles. The van der Waals surface area contributed by atoms with Crippen molar-refractivity contribution in [3.63, 3.8) is 0 Å². The second-order valence-corrected chi connectivity index (χ2v) is 6.17. The van der Waals surface area contributed by atoms with E-state index in [0.717, 1.165) is 36.9 Å². The van der Waals surface area contributed by atoms with Gasteiger partial charge in [-0.2, -0.15) is 10.1 Å². The van der Waals surface area contributed by atoms with Gasteiger partial charge in [0.1, 0.15) is 0 Å². The molecule has 0 atom stereocenters. The Labute approximate surface area is 146 Å². The molecule has 126 valence electrons. The predicted molar refractivity (Wildman–Crippen MR) is 92.2 cm³/mol. The monoisotopic (exact) mass is 345 g/mol. The molecule has 1 fully saturated rings. The predicted octanol–water partition coefficient (Wildman–Crippen LogP) is 3.00. The molecule has 2 heterocycles. The lowest BCUT2D eigenvalue weighted by Gasteiger charge is -2.17. The van der Waals surface area contributed by atoms with Gasteiger partial charge in [-0.3, -0.25) is 0 Å². The fourth-order valence-corrected chi connectivity index (χ4v) is 3.12. The van der Waals surface area contributed by atoms with E-state index in [-0.39, 0.29) is 12.4 Å². The lowest BCUT2D eigenvalue weighted by atomic mass is 9.99. The molecule has 3 aromatic rings. The Hall–Kier alpha value is -2.18. The minimum atomic E-state index is -0.397. The molecular formula is C17H20ClN5O. The molecule has 0 saturated heterocycles. The van der Waals surface area contributed by atoms with E-state index in [9.17, 15) is 0 Å². The van der Waals surface area contributed by atoms with Gasteiger partial charge in [0.05, 0.1) is 17.6 Å². The summed E-state index contributed by atoms with van der Waals surface area (Å²) in [5.41, 5.74) is 8.11. The summed E-state index contributed by atoms with van der Waals surface area (Å²) < 4.78 is 7.22. The van der Waals surface area contributed by atoms with Gasteiger partial charge in [-0.05, 0) is 36.6 Å². The molecule has 0 unspecified atom stereocenters. The smallest absolute Gasteiger partial charge is 0.231 e. The number of halogens is 1. The number of benzene rings is 1. The van der Waals surface area contributed by atoms with Crippen LogP contribution in [0, 0.1) is 0 Å². The van der Waals surface area contributed by atoms with Crippen LogP contribution in [0.25, 0.3) is 5.69 Å². The van der Waals surface area contributed by atoms with E-state index in [2.05, 4.69) is 27.4 Å². The first-order valence-corrected chi connectivity index (χ1v) is 7.94. The van der Waals surface area contributed by atoms with Gasteiger partial charge in [-0.1, -0.05) is 30.1 Å². The van der Waals surface area contributed by atoms with Crippen molar-refractivity contribution in [2.24, 2.45) is 5.73 Å². The number of rotatable bonds is 4. The molecule has 0 spiro atoms. The quantitative estimate of drug-likeness (QED) is 0.786. The van der Waals surface area contributed by atoms with E-state index in [1.54, 1.807) is 6.20 Å². The Morgan fingerprint density at radius 2 is 1.92 bits per heavy atom. The van der Waals surface area contributed by atoms with Gasteiger partial charge in [-0.25, -0.2) is 4.68 Å². The number of nitrogens with two attached hydrogens (primary N) is 1. The highest BCUT2D eigenvalue weighted by Gasteiger charge is 2.35. The van der Waals surface area contributed by atoms with Crippen LogP contribution in [0.15, 0.2) is 47.2 Å². The lowest BCUT2D eigenvalue weighted by Crippen LogP contribution is -2.34. The molecule has 7 heteroatoms. The average molecular weight is 346 g/mol. The first-order chi connectivity index (χ1) is 11.2. The largest absolute Gasteiger partial charge is 0.339 e. The molecule has 1 aliphatic carbocycles. The molecule has 4 rings (SSSR count). The number of hydrogen-bond donors (Lipinski definition) is 1. The zero-order chi connectivity index (χ0) is 15.7. The van der Waals surface area contributed by atoms with Crippen LogP contribution in [-0.2, 0) is 12.0 Å². The Kier molecular flexibility index (Phi) is 4.69. The van der Waals surface area contributed by atoms with Crippen LogP contribution in [0.2, 0.25) is 0 Å². The molecule has 2 aromatic heterocycles. The first-order valence-electron chi connectivity index (χ1n) is 7.94. The van der Waals surface area contributed by atoms with Crippen LogP contribution in [0.4, 0.5) is 0 Å². The molecule has 6 nitrogen and oxygen atoms in total. The molecule has 0 amide bonds. The van der Waals surface area contributed by atoms with Gasteiger partial charge in [-0.15, -0.1) is 12.4 Å². The molecule has 2 N–H and O–H groups in total. The van der Waals surface area contributed by atoms with E-state index >= 15 is 0 Å². The van der Waals surface area contributed by atoms with E-state index in [1.807, 2.05) is 29.1 Å². The Bertz CT molecular complexity index is 776. The highest BCUT2D eigenvalue weighted by atomic mass is 35.5. The first kappa shape index (κ1) is 16.7. The van der Waals surface area contributed by atoms with Gasteiger partial charge >= 0.3 is 0 Å². The number of hydrogen-bond acceptors (Lipinski definition) is 5. The third-order valence-electron chi connectivity index (χ3n) is 4.47. The van der Waals surface area contributed by atoms with Crippen molar-refractivity contribution in [3.8, 4) is 5.69 Å². The van der Waals surface area contributed by atoms with Crippen molar-refractivity contribution in [3.05, 3.63) is 60.0 Å². The third kappa shape index (κ3) is 3.20. The highest BCUT2D eigenvalue weighted by Crippen LogP contribution is 2.34. The summed E-state index contributed by atoms with van der Waals surface area (Å²) in [6.07, 6.45) is 8.43. The Morgan fingerprint density at radius 1 is 1.17 bits per heavy atom. The molecule has 0 bridgehead atoms. The van der Waals surface area contributed by atoms with Gasteiger partial charge in [0.2, 0.25) is 5.89 Å². The summed E-state index contributed by atoms with van der Waals surface area (Å²) >= 11 is 0. The Balaban J connectivity index is 0.00000169. The summed E-state index contributed by atoms with van der Waals surface area (Å²) in [7, 11) is 0. The van der Waals surface area contributed by atoms with Crippen molar-refractivity contribution >= 4 is 12.4 Å². The van der Waals surface area contributed by atoms with E-state index < -0.39 is 5.54 Å². The molecule has 0 radical (unpaired) electrons. The normalized spacial score (nSPS) is 16.0. The van der Waals surface area contributed by atoms with Crippen molar-refractivity contribution in [1.29, 1.82) is 0 Å². The SMILES string of the molecule is Cl.NC1(c2noc(Cc3ccc(-n4cccn4)cc3)n2)CCCC1. The third-order valence-corrected chi connectivity index (χ3v) is 4.47. The zero-order valence-corrected chi connectivity index (χ0v) is 14.1. The minimum absolute atomic E-state index is 0. The average Bonchev–Trinajstić information content (AvgIpc) is 3.29. The molecule has 0 aliphatic heterocycles. The molecule has 1 aromatic carbocycles. The van der Waals surface area contributed by atoms with Crippen LogP contribution in [0.3, 0.4) is 0 Å². The maximum Gasteiger partial charge on any atom is 0.231 e. The molecular weight excluding hydrogens is 326 g/mol. The number of aromatic nitrogens is 4. The van der Waals surface area contributed by atoms with Crippen LogP contribution < -0.4 is 5.73 Å². The fourth-order valence-electron chi connectivity index (χ4n) is 3.12. The second-order valence-electron chi connectivity index (χ2n) is 6.17. The molecule has 24 heavy (non-hydrogen) atoms. The van der Waals surface area contributed by atoms with E-state index in [4.69, 9.17) is 10.3 Å². The summed E-state index contributed by atoms with van der Waals surface area (Å²) in [5, 5.41) is 8.32. The summed E-state index contributed by atoms with van der Waals surface area (Å²) in [5.74, 6) is 1.27. The van der Waals surface area contributed by atoms with Crippen molar-refractivity contribution in [2.45, 2.75) is 37.6 Å². The van der Waals surface area contributed by atoms with Crippen molar-refractivity contribution < 1.29 is 4.52 Å². The van der Waals surface area contributed by atoms with Crippen LogP contribution in [-0.4, -0.2) is 19.9 Å². The summed E-state index contributed by atoms with van der Waals surface area (Å²) in [4.78, 5) is 4.51. The summed E-state index contributed by atoms with van der Waals surface area (Å²) in [6.45, 7) is 0.